The topological polar surface area (TPSA) is 29.1 Å². The Kier molecular flexibility index (Phi) is 2.53. The van der Waals surface area contributed by atoms with E-state index in [0.29, 0.717) is 18.4 Å². The van der Waals surface area contributed by atoms with Crippen LogP contribution >= 0.6 is 0 Å². The van der Waals surface area contributed by atoms with Gasteiger partial charge in [-0.2, -0.15) is 0 Å². The lowest BCUT2D eigenvalue weighted by Crippen LogP contribution is -2.27. The number of amides is 1. The second-order valence-electron chi connectivity index (χ2n) is 3.80. The summed E-state index contributed by atoms with van der Waals surface area (Å²) in [5.74, 6) is 0.555. The Hall–Kier alpha value is -1.31. The standard InChI is InChI=1S/C12H15NO/c1-2-11-10(8-12(14)13-11)9-6-4-3-5-7-9/h3-7,10-11H,2,8H2,1H3,(H,13,14)/t10-,11-/m1/s1. The maximum Gasteiger partial charge on any atom is 0.220 e. The van der Waals surface area contributed by atoms with Gasteiger partial charge in [0.1, 0.15) is 0 Å². The van der Waals surface area contributed by atoms with Crippen molar-refractivity contribution in [3.8, 4) is 0 Å². The first-order valence-corrected chi connectivity index (χ1v) is 5.15. The molecule has 1 heterocycles. The molecule has 2 rings (SSSR count). The maximum atomic E-state index is 11.3. The minimum atomic E-state index is 0.186. The molecule has 1 saturated heterocycles. The van der Waals surface area contributed by atoms with Gasteiger partial charge in [0.05, 0.1) is 0 Å². The van der Waals surface area contributed by atoms with Crippen LogP contribution in [0.3, 0.4) is 0 Å². The fourth-order valence-corrected chi connectivity index (χ4v) is 2.15. The molecule has 0 radical (unpaired) electrons. The molecule has 1 amide bonds. The van der Waals surface area contributed by atoms with Crippen molar-refractivity contribution in [2.45, 2.75) is 31.7 Å². The molecule has 0 aromatic heterocycles. The van der Waals surface area contributed by atoms with Crippen molar-refractivity contribution in [2.75, 3.05) is 0 Å². The molecule has 0 bridgehead atoms. The van der Waals surface area contributed by atoms with Gasteiger partial charge < -0.3 is 5.32 Å². The SMILES string of the molecule is CC[C@H]1NC(=O)C[C@@H]1c1ccccc1. The van der Waals surface area contributed by atoms with Gasteiger partial charge in [0.2, 0.25) is 5.91 Å². The minimum absolute atomic E-state index is 0.186. The number of nitrogens with one attached hydrogen (secondary N) is 1. The van der Waals surface area contributed by atoms with Crippen LogP contribution in [0.4, 0.5) is 0 Å². The van der Waals surface area contributed by atoms with Crippen LogP contribution in [0, 0.1) is 0 Å². The third kappa shape index (κ3) is 1.65. The molecule has 2 atom stereocenters. The van der Waals surface area contributed by atoms with E-state index in [1.54, 1.807) is 0 Å². The van der Waals surface area contributed by atoms with Gasteiger partial charge in [-0.3, -0.25) is 4.79 Å². The van der Waals surface area contributed by atoms with E-state index in [-0.39, 0.29) is 5.91 Å². The zero-order valence-electron chi connectivity index (χ0n) is 8.36. The lowest BCUT2D eigenvalue weighted by molar-refractivity contribution is -0.119. The Morgan fingerprint density at radius 3 is 2.71 bits per heavy atom. The monoisotopic (exact) mass is 189 g/mol. The van der Waals surface area contributed by atoms with Crippen molar-refractivity contribution in [1.82, 2.24) is 5.32 Å². The van der Waals surface area contributed by atoms with Crippen LogP contribution in [0.15, 0.2) is 30.3 Å². The Morgan fingerprint density at radius 1 is 1.36 bits per heavy atom. The van der Waals surface area contributed by atoms with E-state index in [9.17, 15) is 4.79 Å². The summed E-state index contributed by atoms with van der Waals surface area (Å²) in [6.45, 7) is 2.12. The molecule has 1 fully saturated rings. The average molecular weight is 189 g/mol. The van der Waals surface area contributed by atoms with E-state index < -0.39 is 0 Å². The number of carbonyl (C=O) groups excluding carboxylic acids is 1. The first kappa shape index (κ1) is 9.25. The van der Waals surface area contributed by atoms with Crippen molar-refractivity contribution < 1.29 is 4.79 Å². The second-order valence-corrected chi connectivity index (χ2v) is 3.80. The number of hydrogen-bond donors (Lipinski definition) is 1. The Morgan fingerprint density at radius 2 is 2.07 bits per heavy atom. The zero-order valence-corrected chi connectivity index (χ0v) is 8.36. The lowest BCUT2D eigenvalue weighted by atomic mass is 9.91. The summed E-state index contributed by atoms with van der Waals surface area (Å²) in [7, 11) is 0. The molecule has 2 heteroatoms. The highest BCUT2D eigenvalue weighted by Gasteiger charge is 2.31. The molecule has 1 aromatic carbocycles. The molecule has 0 aliphatic carbocycles. The molecule has 1 aliphatic rings. The smallest absolute Gasteiger partial charge is 0.220 e. The highest BCUT2D eigenvalue weighted by Crippen LogP contribution is 2.29. The van der Waals surface area contributed by atoms with E-state index in [4.69, 9.17) is 0 Å². The van der Waals surface area contributed by atoms with E-state index in [1.807, 2.05) is 18.2 Å². The molecular formula is C12H15NO. The van der Waals surface area contributed by atoms with Crippen molar-refractivity contribution in [3.05, 3.63) is 35.9 Å². The summed E-state index contributed by atoms with van der Waals surface area (Å²) in [4.78, 5) is 11.3. The van der Waals surface area contributed by atoms with Crippen LogP contribution in [0.1, 0.15) is 31.2 Å². The highest BCUT2D eigenvalue weighted by atomic mass is 16.1. The lowest BCUT2D eigenvalue weighted by Gasteiger charge is -2.16. The molecule has 1 N–H and O–H groups in total. The van der Waals surface area contributed by atoms with Gasteiger partial charge in [-0.1, -0.05) is 37.3 Å². The number of rotatable bonds is 2. The summed E-state index contributed by atoms with van der Waals surface area (Å²) < 4.78 is 0. The molecule has 14 heavy (non-hydrogen) atoms. The van der Waals surface area contributed by atoms with E-state index >= 15 is 0 Å². The first-order valence-electron chi connectivity index (χ1n) is 5.15. The van der Waals surface area contributed by atoms with Gasteiger partial charge in [0, 0.05) is 18.4 Å². The largest absolute Gasteiger partial charge is 0.353 e. The fraction of sp³-hybridized carbons (Fsp3) is 0.417. The van der Waals surface area contributed by atoms with E-state index in [1.165, 1.54) is 5.56 Å². The summed E-state index contributed by atoms with van der Waals surface area (Å²) in [6, 6.07) is 10.6. The molecule has 1 aliphatic heterocycles. The highest BCUT2D eigenvalue weighted by molar-refractivity contribution is 5.80. The molecule has 1 aromatic rings. The summed E-state index contributed by atoms with van der Waals surface area (Å²) in [6.07, 6.45) is 1.65. The van der Waals surface area contributed by atoms with Crippen molar-refractivity contribution in [2.24, 2.45) is 0 Å². The van der Waals surface area contributed by atoms with Crippen molar-refractivity contribution in [3.63, 3.8) is 0 Å². The van der Waals surface area contributed by atoms with Gasteiger partial charge in [-0.15, -0.1) is 0 Å². The summed E-state index contributed by atoms with van der Waals surface area (Å²) >= 11 is 0. The minimum Gasteiger partial charge on any atom is -0.353 e. The molecule has 74 valence electrons. The second kappa shape index (κ2) is 3.82. The van der Waals surface area contributed by atoms with Gasteiger partial charge in [0.15, 0.2) is 0 Å². The zero-order chi connectivity index (χ0) is 9.97. The molecule has 0 spiro atoms. The van der Waals surface area contributed by atoms with Gasteiger partial charge in [-0.05, 0) is 12.0 Å². The van der Waals surface area contributed by atoms with Gasteiger partial charge >= 0.3 is 0 Å². The molecular weight excluding hydrogens is 174 g/mol. The molecule has 2 nitrogen and oxygen atoms in total. The molecule has 0 unspecified atom stereocenters. The summed E-state index contributed by atoms with van der Waals surface area (Å²) in [5.41, 5.74) is 1.28. The number of carbonyl (C=O) groups is 1. The summed E-state index contributed by atoms with van der Waals surface area (Å²) in [5, 5.41) is 3.01. The van der Waals surface area contributed by atoms with Crippen LogP contribution < -0.4 is 5.32 Å². The van der Waals surface area contributed by atoms with Crippen molar-refractivity contribution in [1.29, 1.82) is 0 Å². The van der Waals surface area contributed by atoms with Crippen LogP contribution in [0.5, 0.6) is 0 Å². The third-order valence-electron chi connectivity index (χ3n) is 2.90. The molecule has 0 saturated carbocycles. The van der Waals surface area contributed by atoms with Gasteiger partial charge in [-0.25, -0.2) is 0 Å². The number of hydrogen-bond acceptors (Lipinski definition) is 1. The Balaban J connectivity index is 2.22. The Labute approximate surface area is 84.3 Å². The van der Waals surface area contributed by atoms with Crippen LogP contribution in [-0.4, -0.2) is 11.9 Å². The van der Waals surface area contributed by atoms with Crippen LogP contribution in [0.2, 0.25) is 0 Å². The van der Waals surface area contributed by atoms with Crippen LogP contribution in [-0.2, 0) is 4.79 Å². The Bertz CT molecular complexity index is 320. The quantitative estimate of drug-likeness (QED) is 0.758. The predicted molar refractivity (Wildman–Crippen MR) is 56.0 cm³/mol. The average Bonchev–Trinajstić information content (AvgIpc) is 2.61. The maximum absolute atomic E-state index is 11.3. The normalized spacial score (nSPS) is 26.2. The van der Waals surface area contributed by atoms with Crippen molar-refractivity contribution >= 4 is 5.91 Å². The predicted octanol–water partition coefficient (Wildman–Crippen LogP) is 2.07. The van der Waals surface area contributed by atoms with Gasteiger partial charge in [0.25, 0.3) is 0 Å². The first-order chi connectivity index (χ1) is 6.81. The number of benzene rings is 1. The van der Waals surface area contributed by atoms with E-state index in [2.05, 4.69) is 24.4 Å². The third-order valence-corrected chi connectivity index (χ3v) is 2.90. The van der Waals surface area contributed by atoms with E-state index in [0.717, 1.165) is 6.42 Å². The van der Waals surface area contributed by atoms with Crippen LogP contribution in [0.25, 0.3) is 0 Å². The fourth-order valence-electron chi connectivity index (χ4n) is 2.15.